The highest BCUT2D eigenvalue weighted by atomic mass is 35.5. The molecule has 234 valence electrons. The lowest BCUT2D eigenvalue weighted by Gasteiger charge is -2.37. The molecule has 4 rings (SSSR count). The van der Waals surface area contributed by atoms with Gasteiger partial charge in [-0.3, -0.25) is 19.9 Å². The van der Waals surface area contributed by atoms with Crippen molar-refractivity contribution in [2.45, 2.75) is 41.8 Å². The molecule has 1 spiro atoms. The minimum atomic E-state index is -1.65. The molecule has 21 heteroatoms. The number of aliphatic hydroxyl groups excluding tert-OH is 1. The second kappa shape index (κ2) is 14.0. The highest BCUT2D eigenvalue weighted by Crippen LogP contribution is 2.31. The summed E-state index contributed by atoms with van der Waals surface area (Å²) in [7, 11) is -0.320. The number of ether oxygens (including phenoxy) is 1. The quantitative estimate of drug-likeness (QED) is 0.0471. The molecule has 11 N–H and O–H groups in total. The lowest BCUT2D eigenvalue weighted by molar-refractivity contribution is -0.122. The van der Waals surface area contributed by atoms with Gasteiger partial charge in [-0.25, -0.2) is 19.8 Å². The Labute approximate surface area is 253 Å². The minimum absolute atomic E-state index is 0.0257. The van der Waals surface area contributed by atoms with Crippen molar-refractivity contribution in [3.8, 4) is 0 Å². The zero-order chi connectivity index (χ0) is 31.1. The van der Waals surface area contributed by atoms with Crippen molar-refractivity contribution in [1.82, 2.24) is 30.6 Å². The maximum absolute atomic E-state index is 13.3. The van der Waals surface area contributed by atoms with Crippen LogP contribution in [0.1, 0.15) is 23.2 Å². The van der Waals surface area contributed by atoms with Gasteiger partial charge in [0.15, 0.2) is 18.3 Å². The van der Waals surface area contributed by atoms with Crippen molar-refractivity contribution in [2.24, 2.45) is 43.2 Å². The van der Waals surface area contributed by atoms with Crippen LogP contribution in [0.4, 0.5) is 0 Å². The predicted octanol–water partition coefficient (Wildman–Crippen LogP) is -2.20. The Morgan fingerprint density at radius 1 is 1.30 bits per heavy atom. The number of piperidine rings is 1. The van der Waals surface area contributed by atoms with E-state index in [1.807, 2.05) is 0 Å². The van der Waals surface area contributed by atoms with Crippen LogP contribution in [-0.2, 0) is 20.5 Å². The van der Waals surface area contributed by atoms with E-state index < -0.39 is 40.9 Å². The summed E-state index contributed by atoms with van der Waals surface area (Å²) in [5, 5.41) is 32.8. The van der Waals surface area contributed by atoms with Gasteiger partial charge in [-0.1, -0.05) is 28.1 Å². The lowest BCUT2D eigenvalue weighted by Crippen LogP contribution is -2.60. The van der Waals surface area contributed by atoms with E-state index in [1.54, 1.807) is 29.2 Å². The first-order valence-electron chi connectivity index (χ1n) is 12.9. The number of nitrogens with zero attached hydrogens (tertiary/aromatic N) is 7. The molecule has 0 aromatic heterocycles. The fraction of sp³-hybridized carbons (Fsp3) is 0.500. The normalized spacial score (nSPS) is 23.3. The largest absolute Gasteiger partial charge is 0.367 e. The highest BCUT2D eigenvalue weighted by Gasteiger charge is 2.44. The maximum Gasteiger partial charge on any atom is 0.253 e. The standard InChI is InChI=1S/C22H33ClN14O5S/c1-42-14(38)10-27-43(41)13-4-2-3-12(9-13)20(40)36-7-5-22(6-8-36)11-37(26)21(31-22)30-19(39)15-17(32-34-24)29-18(33-35-25)16(23)28-15/h2-4,9,14-15,17,27-29,38H,5-8,10-11,26H2,1H3,(H2,24,32)(H2,25,33)(H,30,31,39). The number of amides is 2. The van der Waals surface area contributed by atoms with Gasteiger partial charge in [0.25, 0.3) is 11.8 Å². The predicted molar refractivity (Wildman–Crippen MR) is 153 cm³/mol. The molecule has 1 aromatic carbocycles. The number of nitrogens with two attached hydrogens (primary N) is 3. The van der Waals surface area contributed by atoms with E-state index >= 15 is 0 Å². The first kappa shape index (κ1) is 32.0. The molecule has 2 amide bonds. The van der Waals surface area contributed by atoms with E-state index in [0.717, 1.165) is 0 Å². The van der Waals surface area contributed by atoms with Gasteiger partial charge < -0.3 is 37.1 Å². The summed E-state index contributed by atoms with van der Waals surface area (Å²) in [5.74, 6) is 15.9. The Hall–Kier alpha value is -3.95. The topological polar surface area (TPSA) is 275 Å². The number of nitrogens with one attached hydrogen (secondary N) is 4. The molecule has 3 aliphatic rings. The minimum Gasteiger partial charge on any atom is -0.367 e. The fourth-order valence-corrected chi connectivity index (χ4v) is 5.82. The molecule has 4 atom stereocenters. The fourth-order valence-electron chi connectivity index (χ4n) is 4.72. The second-order valence-electron chi connectivity index (χ2n) is 9.72. The maximum atomic E-state index is 13.3. The third-order valence-corrected chi connectivity index (χ3v) is 8.37. The van der Waals surface area contributed by atoms with E-state index in [9.17, 15) is 18.9 Å². The molecule has 0 radical (unpaired) electrons. The van der Waals surface area contributed by atoms with Gasteiger partial charge >= 0.3 is 0 Å². The van der Waals surface area contributed by atoms with Gasteiger partial charge in [-0.2, -0.15) is 0 Å². The molecule has 4 unspecified atom stereocenters. The van der Waals surface area contributed by atoms with E-state index in [1.165, 1.54) is 12.1 Å². The van der Waals surface area contributed by atoms with Crippen LogP contribution in [0.2, 0.25) is 0 Å². The number of guanidine groups is 1. The van der Waals surface area contributed by atoms with E-state index in [0.29, 0.717) is 42.9 Å². The van der Waals surface area contributed by atoms with Crippen molar-refractivity contribution in [1.29, 1.82) is 0 Å². The number of aliphatic hydroxyl groups is 1. The van der Waals surface area contributed by atoms with Crippen LogP contribution < -0.4 is 38.2 Å². The molecule has 3 aliphatic heterocycles. The molecule has 0 aliphatic carbocycles. The Morgan fingerprint density at radius 3 is 2.72 bits per heavy atom. The van der Waals surface area contributed by atoms with E-state index in [2.05, 4.69) is 41.3 Å². The lowest BCUT2D eigenvalue weighted by atomic mass is 9.88. The van der Waals surface area contributed by atoms with Crippen LogP contribution in [0.5, 0.6) is 0 Å². The van der Waals surface area contributed by atoms with Gasteiger partial charge in [0.2, 0.25) is 5.96 Å². The highest BCUT2D eigenvalue weighted by molar-refractivity contribution is 7.83. The van der Waals surface area contributed by atoms with Crippen molar-refractivity contribution in [3.63, 3.8) is 0 Å². The molecule has 1 saturated heterocycles. The molecule has 0 bridgehead atoms. The molecular formula is C22H33ClN14O5S. The van der Waals surface area contributed by atoms with Gasteiger partial charge in [0.05, 0.1) is 23.5 Å². The Morgan fingerprint density at radius 2 is 2.05 bits per heavy atom. The van der Waals surface area contributed by atoms with Crippen LogP contribution in [0.3, 0.4) is 0 Å². The number of hydrogen-bond donors (Lipinski definition) is 8. The van der Waals surface area contributed by atoms with E-state index in [4.69, 9.17) is 38.9 Å². The number of carbonyl (C=O) groups excluding carboxylic acids is 2. The van der Waals surface area contributed by atoms with Crippen LogP contribution in [0.25, 0.3) is 0 Å². The number of aliphatic imine (C=N–C) groups is 1. The number of hydrazine groups is 1. The number of hydrogen-bond acceptors (Lipinski definition) is 14. The van der Waals surface area contributed by atoms with Gasteiger partial charge in [0, 0.05) is 25.8 Å². The van der Waals surface area contributed by atoms with Gasteiger partial charge in [-0.05, 0) is 31.0 Å². The van der Waals surface area contributed by atoms with Gasteiger partial charge in [-0.15, -0.1) is 10.2 Å². The summed E-state index contributed by atoms with van der Waals surface area (Å²) in [5.41, 5.74) is -0.245. The zero-order valence-corrected chi connectivity index (χ0v) is 24.6. The summed E-state index contributed by atoms with van der Waals surface area (Å²) >= 11 is 6.15. The number of benzene rings is 1. The number of rotatable bonds is 9. The Balaban J connectivity index is 1.38. The van der Waals surface area contributed by atoms with Crippen LogP contribution >= 0.6 is 11.6 Å². The Kier molecular flexibility index (Phi) is 10.4. The molecule has 19 nitrogen and oxygen atoms in total. The summed E-state index contributed by atoms with van der Waals surface area (Å²) in [6.07, 6.45) is -1.12. The second-order valence-corrected chi connectivity index (χ2v) is 11.4. The van der Waals surface area contributed by atoms with Crippen LogP contribution in [0.15, 0.2) is 65.8 Å². The number of carbonyl (C=O) groups is 2. The molecular weight excluding hydrogens is 608 g/mol. The zero-order valence-electron chi connectivity index (χ0n) is 23.0. The van der Waals surface area contributed by atoms with Crippen molar-refractivity contribution < 1.29 is 23.6 Å². The van der Waals surface area contributed by atoms with Crippen molar-refractivity contribution >= 4 is 40.4 Å². The number of methoxy groups -OCH3 is 1. The monoisotopic (exact) mass is 640 g/mol. The Bertz CT molecular complexity index is 1350. The average Bonchev–Trinajstić information content (AvgIpc) is 3.30. The summed E-state index contributed by atoms with van der Waals surface area (Å²) in [6, 6.07) is 5.40. The van der Waals surface area contributed by atoms with E-state index in [-0.39, 0.29) is 29.4 Å². The van der Waals surface area contributed by atoms with Crippen molar-refractivity contribution in [2.75, 3.05) is 33.3 Å². The molecule has 3 heterocycles. The molecule has 43 heavy (non-hydrogen) atoms. The van der Waals surface area contributed by atoms with Crippen molar-refractivity contribution in [3.05, 3.63) is 40.8 Å². The smallest absolute Gasteiger partial charge is 0.253 e. The van der Waals surface area contributed by atoms with Crippen LogP contribution in [-0.4, -0.2) is 94.3 Å². The number of likely N-dealkylation sites (tertiary alicyclic amines) is 1. The summed E-state index contributed by atoms with van der Waals surface area (Å²) in [4.78, 5) is 33.2. The molecule has 1 aromatic rings. The van der Waals surface area contributed by atoms with Crippen LogP contribution in [0, 0.1) is 0 Å². The average molecular weight is 641 g/mol. The first-order valence-corrected chi connectivity index (χ1v) is 14.4. The number of halogens is 1. The SMILES string of the molecule is COC(O)CNS(=O)c1cccc(C(=O)N2CCC3(CC2)CN(N)C(NC(=O)C2NC(Cl)=C(N=NN)NC2N=NN)=N3)c1. The third kappa shape index (κ3) is 7.53. The summed E-state index contributed by atoms with van der Waals surface area (Å²) < 4.78 is 19.9. The summed E-state index contributed by atoms with van der Waals surface area (Å²) in [6.45, 7) is 1.04. The molecule has 0 saturated carbocycles. The van der Waals surface area contributed by atoms with Gasteiger partial charge in [0.1, 0.15) is 22.2 Å². The third-order valence-electron chi connectivity index (χ3n) is 6.97. The molecule has 1 fully saturated rings. The first-order chi connectivity index (χ1) is 20.6.